The van der Waals surface area contributed by atoms with Crippen molar-refractivity contribution in [2.45, 2.75) is 5.92 Å². The van der Waals surface area contributed by atoms with E-state index in [9.17, 15) is 9.59 Å². The summed E-state index contributed by atoms with van der Waals surface area (Å²) in [6, 6.07) is 28.5. The van der Waals surface area contributed by atoms with E-state index in [2.05, 4.69) is 96.3 Å². The molecule has 0 fully saturated rings. The van der Waals surface area contributed by atoms with Crippen LogP contribution in [0.5, 0.6) is 0 Å². The summed E-state index contributed by atoms with van der Waals surface area (Å²) < 4.78 is 15.0. The number of aryl methyl sites for hydroxylation is 2. The molecule has 4 aromatic carbocycles. The molecule has 7 aromatic rings. The minimum Gasteiger partial charge on any atom is -0.465 e. The first kappa shape index (κ1) is 24.0. The van der Waals surface area contributed by atoms with E-state index in [1.807, 2.05) is 18.2 Å². The van der Waals surface area contributed by atoms with Gasteiger partial charge in [-0.2, -0.15) is 0 Å². The van der Waals surface area contributed by atoms with Gasteiger partial charge in [0.25, 0.3) is 0 Å². The van der Waals surface area contributed by atoms with Crippen molar-refractivity contribution in [3.8, 4) is 0 Å². The van der Waals surface area contributed by atoms with Crippen LogP contribution in [0.4, 0.5) is 0 Å². The smallest absolute Gasteiger partial charge is 0.351 e. The van der Waals surface area contributed by atoms with E-state index >= 15 is 0 Å². The number of aromatic nitrogens is 2. The van der Waals surface area contributed by atoms with Crippen molar-refractivity contribution in [2.75, 3.05) is 7.11 Å². The van der Waals surface area contributed by atoms with Crippen LogP contribution in [0.15, 0.2) is 107 Å². The molecule has 0 amide bonds. The van der Waals surface area contributed by atoms with Gasteiger partial charge in [-0.05, 0) is 46.3 Å². The molecule has 0 aliphatic rings. The molecule has 0 saturated heterocycles. The van der Waals surface area contributed by atoms with Gasteiger partial charge in [0.1, 0.15) is 11.1 Å². The second kappa shape index (κ2) is 8.99. The predicted molar refractivity (Wildman–Crippen MR) is 158 cm³/mol. The molecule has 0 radical (unpaired) electrons. The lowest BCUT2D eigenvalue weighted by Gasteiger charge is -2.21. The molecular formula is C34H26N2O4. The highest BCUT2D eigenvalue weighted by molar-refractivity contribution is 6.08. The predicted octanol–water partition coefficient (Wildman–Crippen LogP) is 6.90. The van der Waals surface area contributed by atoms with Crippen molar-refractivity contribution in [3.63, 3.8) is 0 Å². The van der Waals surface area contributed by atoms with Crippen LogP contribution in [0, 0.1) is 0 Å². The summed E-state index contributed by atoms with van der Waals surface area (Å²) in [4.78, 5) is 25.2. The van der Waals surface area contributed by atoms with Gasteiger partial charge in [-0.3, -0.25) is 0 Å². The third-order valence-corrected chi connectivity index (χ3v) is 7.96. The van der Waals surface area contributed by atoms with Crippen LogP contribution in [0.3, 0.4) is 0 Å². The summed E-state index contributed by atoms with van der Waals surface area (Å²) >= 11 is 0. The zero-order valence-corrected chi connectivity index (χ0v) is 22.3. The third kappa shape index (κ3) is 3.49. The van der Waals surface area contributed by atoms with Gasteiger partial charge < -0.3 is 18.3 Å². The number of para-hydroxylation sites is 2. The van der Waals surface area contributed by atoms with Gasteiger partial charge in [-0.15, -0.1) is 0 Å². The maximum absolute atomic E-state index is 12.8. The Bertz CT molecular complexity index is 2100. The van der Waals surface area contributed by atoms with Crippen LogP contribution in [-0.4, -0.2) is 22.2 Å². The topological polar surface area (TPSA) is 66.4 Å². The van der Waals surface area contributed by atoms with Gasteiger partial charge in [-0.1, -0.05) is 60.7 Å². The first-order chi connectivity index (χ1) is 19.5. The number of hydrogen-bond donors (Lipinski definition) is 0. The lowest BCUT2D eigenvalue weighted by Crippen LogP contribution is -2.15. The standard InChI is InChI=1S/C34H26N2O4/c1-35-18-27(22-11-6-8-14-29(22)35)31(28-19-36(2)30-15-9-7-12-23(28)30)25-16-20-17-26(33(37)39-3)34(38)40-32(20)24-13-5-4-10-21(24)25/h4-19,31H,1-3H3. The number of carbonyl (C=O) groups is 1. The number of benzene rings is 4. The fourth-order valence-electron chi connectivity index (χ4n) is 6.18. The molecule has 0 bridgehead atoms. The number of hydrogen-bond acceptors (Lipinski definition) is 4. The van der Waals surface area contributed by atoms with Crippen molar-refractivity contribution in [1.82, 2.24) is 9.13 Å². The summed E-state index contributed by atoms with van der Waals surface area (Å²) in [7, 11) is 5.40. The Morgan fingerprint density at radius 3 is 1.82 bits per heavy atom. The molecule has 196 valence electrons. The van der Waals surface area contributed by atoms with Crippen LogP contribution in [-0.2, 0) is 18.8 Å². The van der Waals surface area contributed by atoms with E-state index in [1.165, 1.54) is 29.0 Å². The molecule has 0 spiro atoms. The lowest BCUT2D eigenvalue weighted by atomic mass is 9.81. The Labute approximate surface area is 229 Å². The summed E-state index contributed by atoms with van der Waals surface area (Å²) in [5.41, 5.74) is 5.31. The summed E-state index contributed by atoms with van der Waals surface area (Å²) in [6.45, 7) is 0. The molecule has 0 unspecified atom stereocenters. The fraction of sp³-hybridized carbons (Fsp3) is 0.118. The van der Waals surface area contributed by atoms with Gasteiger partial charge in [0.15, 0.2) is 0 Å². The summed E-state index contributed by atoms with van der Waals surface area (Å²) in [6.07, 6.45) is 4.42. The Kier molecular flexibility index (Phi) is 5.39. The molecule has 3 heterocycles. The first-order valence-corrected chi connectivity index (χ1v) is 13.1. The fourth-order valence-corrected chi connectivity index (χ4v) is 6.18. The molecule has 0 saturated carbocycles. The molecule has 0 aliphatic heterocycles. The van der Waals surface area contributed by atoms with Crippen molar-refractivity contribution in [1.29, 1.82) is 0 Å². The van der Waals surface area contributed by atoms with Gasteiger partial charge in [0.05, 0.1) is 7.11 Å². The Morgan fingerprint density at radius 2 is 1.25 bits per heavy atom. The second-order valence-electron chi connectivity index (χ2n) is 10.2. The van der Waals surface area contributed by atoms with Gasteiger partial charge in [-0.25, -0.2) is 9.59 Å². The Hall–Kier alpha value is -5.10. The van der Waals surface area contributed by atoms with E-state index in [0.717, 1.165) is 27.4 Å². The van der Waals surface area contributed by atoms with E-state index in [0.29, 0.717) is 11.0 Å². The zero-order valence-electron chi connectivity index (χ0n) is 22.3. The van der Waals surface area contributed by atoms with Gasteiger partial charge >= 0.3 is 11.6 Å². The summed E-state index contributed by atoms with van der Waals surface area (Å²) in [5, 5.41) is 4.80. The molecular weight excluding hydrogens is 500 g/mol. The number of methoxy groups -OCH3 is 1. The zero-order chi connectivity index (χ0) is 27.5. The van der Waals surface area contributed by atoms with E-state index in [4.69, 9.17) is 9.15 Å². The lowest BCUT2D eigenvalue weighted by molar-refractivity contribution is 0.0596. The molecule has 0 N–H and O–H groups in total. The first-order valence-electron chi connectivity index (χ1n) is 13.1. The van der Waals surface area contributed by atoms with E-state index in [-0.39, 0.29) is 11.5 Å². The van der Waals surface area contributed by atoms with Crippen molar-refractivity contribution in [3.05, 3.63) is 130 Å². The molecule has 6 nitrogen and oxygen atoms in total. The normalized spacial score (nSPS) is 11.8. The van der Waals surface area contributed by atoms with E-state index in [1.54, 1.807) is 6.07 Å². The molecule has 0 atom stereocenters. The monoisotopic (exact) mass is 526 g/mol. The average molecular weight is 527 g/mol. The number of ether oxygens (including phenoxy) is 1. The number of rotatable bonds is 4. The van der Waals surface area contributed by atoms with Crippen LogP contribution in [0.2, 0.25) is 0 Å². The van der Waals surface area contributed by atoms with E-state index < -0.39 is 11.6 Å². The number of fused-ring (bicyclic) bond motifs is 5. The highest BCUT2D eigenvalue weighted by atomic mass is 16.5. The van der Waals surface area contributed by atoms with Crippen LogP contribution in [0.1, 0.15) is 33.0 Å². The van der Waals surface area contributed by atoms with Gasteiger partial charge in [0, 0.05) is 65.0 Å². The molecule has 3 aromatic heterocycles. The molecule has 40 heavy (non-hydrogen) atoms. The van der Waals surface area contributed by atoms with Crippen LogP contribution in [0.25, 0.3) is 43.5 Å². The molecule has 0 aliphatic carbocycles. The minimum absolute atomic E-state index is 0.122. The van der Waals surface area contributed by atoms with Crippen LogP contribution >= 0.6 is 0 Å². The minimum atomic E-state index is -0.718. The van der Waals surface area contributed by atoms with Crippen LogP contribution < -0.4 is 5.63 Å². The van der Waals surface area contributed by atoms with Gasteiger partial charge in [0.2, 0.25) is 0 Å². The highest BCUT2D eigenvalue weighted by Crippen LogP contribution is 2.44. The number of nitrogens with zero attached hydrogens (tertiary/aromatic N) is 2. The quantitative estimate of drug-likeness (QED) is 0.142. The van der Waals surface area contributed by atoms with Crippen molar-refractivity contribution >= 4 is 49.5 Å². The Balaban J connectivity index is 1.64. The molecule has 6 heteroatoms. The SMILES string of the molecule is COC(=O)c1cc2cc(C(c3cn(C)c4ccccc34)c3cn(C)c4ccccc34)c3ccccc3c2oc1=O. The highest BCUT2D eigenvalue weighted by Gasteiger charge is 2.27. The maximum Gasteiger partial charge on any atom is 0.351 e. The van der Waals surface area contributed by atoms with Crippen molar-refractivity contribution < 1.29 is 13.9 Å². The number of carbonyl (C=O) groups excluding carboxylic acids is 1. The number of esters is 1. The van der Waals surface area contributed by atoms with Crippen molar-refractivity contribution in [2.24, 2.45) is 14.1 Å². The average Bonchev–Trinajstić information content (AvgIpc) is 3.49. The second-order valence-corrected chi connectivity index (χ2v) is 10.2. The summed E-state index contributed by atoms with van der Waals surface area (Å²) in [5.74, 6) is -0.870. The molecule has 7 rings (SSSR count). The third-order valence-electron chi connectivity index (χ3n) is 7.96. The Morgan fingerprint density at radius 1 is 0.725 bits per heavy atom. The largest absolute Gasteiger partial charge is 0.465 e. The maximum atomic E-state index is 12.8.